The predicted octanol–water partition coefficient (Wildman–Crippen LogP) is 1.98. The number of nitrogens with one attached hydrogen (secondary N) is 1. The van der Waals surface area contributed by atoms with Gasteiger partial charge in [0.2, 0.25) is 5.91 Å². The highest BCUT2D eigenvalue weighted by Crippen LogP contribution is 2.04. The number of nitrogens with two attached hydrogens (primary N) is 1. The third-order valence-electron chi connectivity index (χ3n) is 2.65. The van der Waals surface area contributed by atoms with Crippen LogP contribution in [0.4, 0.5) is 0 Å². The zero-order valence-electron chi connectivity index (χ0n) is 10.9. The van der Waals surface area contributed by atoms with Gasteiger partial charge in [-0.1, -0.05) is 43.7 Å². The molecule has 3 nitrogen and oxygen atoms in total. The number of hydrogen-bond acceptors (Lipinski definition) is 2. The van der Waals surface area contributed by atoms with E-state index in [-0.39, 0.29) is 5.91 Å². The summed E-state index contributed by atoms with van der Waals surface area (Å²) in [6.07, 6.45) is 0.722. The van der Waals surface area contributed by atoms with Crippen molar-refractivity contribution in [3.63, 3.8) is 0 Å². The van der Waals surface area contributed by atoms with Crippen molar-refractivity contribution in [2.75, 3.05) is 0 Å². The fraction of sp³-hybridized carbons (Fsp3) is 0.500. The van der Waals surface area contributed by atoms with Gasteiger partial charge in [0.05, 0.1) is 6.04 Å². The first kappa shape index (κ1) is 13.7. The lowest BCUT2D eigenvalue weighted by molar-refractivity contribution is -0.122. The van der Waals surface area contributed by atoms with Gasteiger partial charge in [-0.25, -0.2) is 0 Å². The van der Waals surface area contributed by atoms with E-state index in [2.05, 4.69) is 19.2 Å². The normalized spacial score (nSPS) is 12.5. The minimum atomic E-state index is -0.402. The SMILES string of the molecule is Cc1ccc(CNC(=O)[C@H](N)CC(C)C)cc1. The van der Waals surface area contributed by atoms with Crippen LogP contribution in [0.5, 0.6) is 0 Å². The molecule has 3 heteroatoms. The molecule has 0 unspecified atom stereocenters. The second-order valence-corrected chi connectivity index (χ2v) is 4.94. The third-order valence-corrected chi connectivity index (χ3v) is 2.65. The highest BCUT2D eigenvalue weighted by atomic mass is 16.2. The summed E-state index contributed by atoms with van der Waals surface area (Å²) in [4.78, 5) is 11.7. The summed E-state index contributed by atoms with van der Waals surface area (Å²) in [7, 11) is 0. The first-order chi connectivity index (χ1) is 7.99. The van der Waals surface area contributed by atoms with Crippen LogP contribution in [0, 0.1) is 12.8 Å². The quantitative estimate of drug-likeness (QED) is 0.818. The molecule has 1 atom stereocenters. The number of carbonyl (C=O) groups is 1. The van der Waals surface area contributed by atoms with Gasteiger partial charge >= 0.3 is 0 Å². The summed E-state index contributed by atoms with van der Waals surface area (Å²) < 4.78 is 0. The molecule has 17 heavy (non-hydrogen) atoms. The lowest BCUT2D eigenvalue weighted by atomic mass is 10.0. The predicted molar refractivity (Wildman–Crippen MR) is 70.5 cm³/mol. The average molecular weight is 234 g/mol. The van der Waals surface area contributed by atoms with Crippen LogP contribution in [-0.2, 0) is 11.3 Å². The Morgan fingerprint density at radius 2 is 1.88 bits per heavy atom. The molecule has 0 saturated carbocycles. The molecule has 94 valence electrons. The van der Waals surface area contributed by atoms with Crippen LogP contribution in [0.1, 0.15) is 31.4 Å². The zero-order valence-corrected chi connectivity index (χ0v) is 10.9. The molecule has 0 spiro atoms. The van der Waals surface area contributed by atoms with E-state index in [9.17, 15) is 4.79 Å². The monoisotopic (exact) mass is 234 g/mol. The van der Waals surface area contributed by atoms with Crippen molar-refractivity contribution >= 4 is 5.91 Å². The molecule has 1 aromatic rings. The van der Waals surface area contributed by atoms with E-state index < -0.39 is 6.04 Å². The van der Waals surface area contributed by atoms with Crippen molar-refractivity contribution in [1.29, 1.82) is 0 Å². The minimum absolute atomic E-state index is 0.0701. The molecule has 3 N–H and O–H groups in total. The summed E-state index contributed by atoms with van der Waals surface area (Å²) in [6.45, 7) is 6.71. The molecule has 0 saturated heterocycles. The van der Waals surface area contributed by atoms with Crippen LogP contribution in [-0.4, -0.2) is 11.9 Å². The van der Waals surface area contributed by atoms with Gasteiger partial charge in [0, 0.05) is 6.54 Å². The Labute approximate surface area is 103 Å². The highest BCUT2D eigenvalue weighted by molar-refractivity contribution is 5.81. The Morgan fingerprint density at radius 3 is 2.41 bits per heavy atom. The van der Waals surface area contributed by atoms with E-state index in [1.54, 1.807) is 0 Å². The van der Waals surface area contributed by atoms with Gasteiger partial charge in [-0.3, -0.25) is 4.79 Å². The molecule has 1 aromatic carbocycles. The van der Waals surface area contributed by atoms with Crippen LogP contribution < -0.4 is 11.1 Å². The molecule has 0 bridgehead atoms. The maximum absolute atomic E-state index is 11.7. The molecule has 1 amide bonds. The summed E-state index contributed by atoms with van der Waals surface area (Å²) in [5.41, 5.74) is 8.11. The third kappa shape index (κ3) is 5.00. The summed E-state index contributed by atoms with van der Waals surface area (Å²) in [5.74, 6) is 0.370. The van der Waals surface area contributed by atoms with E-state index in [0.717, 1.165) is 12.0 Å². The lowest BCUT2D eigenvalue weighted by Gasteiger charge is -2.14. The van der Waals surface area contributed by atoms with E-state index in [1.807, 2.05) is 31.2 Å². The maximum Gasteiger partial charge on any atom is 0.237 e. The first-order valence-corrected chi connectivity index (χ1v) is 6.08. The number of rotatable bonds is 5. The molecule has 0 fully saturated rings. The topological polar surface area (TPSA) is 55.1 Å². The fourth-order valence-electron chi connectivity index (χ4n) is 1.64. The van der Waals surface area contributed by atoms with E-state index in [4.69, 9.17) is 5.73 Å². The van der Waals surface area contributed by atoms with E-state index in [0.29, 0.717) is 12.5 Å². The number of hydrogen-bond donors (Lipinski definition) is 2. The van der Waals surface area contributed by atoms with Crippen LogP contribution in [0.2, 0.25) is 0 Å². The van der Waals surface area contributed by atoms with Crippen molar-refractivity contribution in [1.82, 2.24) is 5.32 Å². The number of benzene rings is 1. The van der Waals surface area contributed by atoms with Gasteiger partial charge in [0.25, 0.3) is 0 Å². The van der Waals surface area contributed by atoms with Crippen molar-refractivity contribution in [3.05, 3.63) is 35.4 Å². The highest BCUT2D eigenvalue weighted by Gasteiger charge is 2.14. The number of carbonyl (C=O) groups excluding carboxylic acids is 1. The Morgan fingerprint density at radius 1 is 1.29 bits per heavy atom. The number of amides is 1. The standard InChI is InChI=1S/C14H22N2O/c1-10(2)8-13(15)14(17)16-9-12-6-4-11(3)5-7-12/h4-7,10,13H,8-9,15H2,1-3H3,(H,16,17)/t13-/m1/s1. The van der Waals surface area contributed by atoms with Crippen molar-refractivity contribution in [3.8, 4) is 0 Å². The van der Waals surface area contributed by atoms with Gasteiger partial charge in [0.1, 0.15) is 0 Å². The van der Waals surface area contributed by atoms with Gasteiger partial charge in [-0.15, -0.1) is 0 Å². The van der Waals surface area contributed by atoms with Gasteiger partial charge in [0.15, 0.2) is 0 Å². The van der Waals surface area contributed by atoms with Crippen molar-refractivity contribution < 1.29 is 4.79 Å². The Bertz CT molecular complexity index is 357. The van der Waals surface area contributed by atoms with Crippen LogP contribution in [0.25, 0.3) is 0 Å². The fourth-order valence-corrected chi connectivity index (χ4v) is 1.64. The van der Waals surface area contributed by atoms with E-state index in [1.165, 1.54) is 5.56 Å². The maximum atomic E-state index is 11.7. The second kappa shape index (κ2) is 6.40. The molecule has 0 aromatic heterocycles. The van der Waals surface area contributed by atoms with Gasteiger partial charge in [-0.05, 0) is 24.8 Å². The van der Waals surface area contributed by atoms with Crippen LogP contribution >= 0.6 is 0 Å². The number of aryl methyl sites for hydroxylation is 1. The largest absolute Gasteiger partial charge is 0.351 e. The molecular formula is C14H22N2O. The Balaban J connectivity index is 2.40. The smallest absolute Gasteiger partial charge is 0.237 e. The summed E-state index contributed by atoms with van der Waals surface area (Å²) >= 11 is 0. The molecule has 0 aliphatic carbocycles. The average Bonchev–Trinajstić information content (AvgIpc) is 2.27. The molecule has 0 heterocycles. The summed E-state index contributed by atoms with van der Waals surface area (Å²) in [6, 6.07) is 7.71. The lowest BCUT2D eigenvalue weighted by Crippen LogP contribution is -2.40. The molecule has 0 radical (unpaired) electrons. The van der Waals surface area contributed by atoms with Crippen molar-refractivity contribution in [2.24, 2.45) is 11.7 Å². The zero-order chi connectivity index (χ0) is 12.8. The minimum Gasteiger partial charge on any atom is -0.351 e. The second-order valence-electron chi connectivity index (χ2n) is 4.94. The van der Waals surface area contributed by atoms with Gasteiger partial charge < -0.3 is 11.1 Å². The van der Waals surface area contributed by atoms with Crippen LogP contribution in [0.15, 0.2) is 24.3 Å². The molecule has 0 aliphatic rings. The first-order valence-electron chi connectivity index (χ1n) is 6.08. The summed E-state index contributed by atoms with van der Waals surface area (Å²) in [5, 5.41) is 2.86. The molecule has 0 aliphatic heterocycles. The van der Waals surface area contributed by atoms with Crippen LogP contribution in [0.3, 0.4) is 0 Å². The Hall–Kier alpha value is -1.35. The van der Waals surface area contributed by atoms with E-state index >= 15 is 0 Å². The van der Waals surface area contributed by atoms with Gasteiger partial charge in [-0.2, -0.15) is 0 Å². The Kier molecular flexibility index (Phi) is 5.16. The van der Waals surface area contributed by atoms with Crippen molar-refractivity contribution in [2.45, 2.75) is 39.8 Å². The molecular weight excluding hydrogens is 212 g/mol. The molecule has 1 rings (SSSR count).